The summed E-state index contributed by atoms with van der Waals surface area (Å²) >= 11 is 0. The van der Waals surface area contributed by atoms with E-state index < -0.39 is 0 Å². The van der Waals surface area contributed by atoms with Gasteiger partial charge in [0.1, 0.15) is 5.78 Å². The second kappa shape index (κ2) is 6.06. The molecule has 0 amide bonds. The van der Waals surface area contributed by atoms with Gasteiger partial charge in [0.05, 0.1) is 14.2 Å². The Morgan fingerprint density at radius 2 is 1.62 bits per heavy atom. The molecular formula is C17H23NO3. The van der Waals surface area contributed by atoms with E-state index in [1.165, 1.54) is 11.1 Å². The van der Waals surface area contributed by atoms with Crippen molar-refractivity contribution in [3.63, 3.8) is 0 Å². The fourth-order valence-corrected chi connectivity index (χ4v) is 3.51. The minimum atomic E-state index is 0.426. The highest BCUT2D eigenvalue weighted by Crippen LogP contribution is 2.34. The van der Waals surface area contributed by atoms with Crippen LogP contribution in [0.15, 0.2) is 12.1 Å². The largest absolute Gasteiger partial charge is 0.493 e. The molecule has 1 aliphatic carbocycles. The van der Waals surface area contributed by atoms with Crippen LogP contribution in [0, 0.1) is 0 Å². The molecule has 0 N–H and O–H groups in total. The van der Waals surface area contributed by atoms with Crippen molar-refractivity contribution in [1.82, 2.24) is 4.90 Å². The van der Waals surface area contributed by atoms with Crippen LogP contribution in [0.25, 0.3) is 0 Å². The van der Waals surface area contributed by atoms with Gasteiger partial charge in [-0.1, -0.05) is 0 Å². The summed E-state index contributed by atoms with van der Waals surface area (Å²) in [7, 11) is 3.36. The van der Waals surface area contributed by atoms with Crippen molar-refractivity contribution in [2.45, 2.75) is 44.7 Å². The number of Topliss-reactive ketones (excluding diaryl/α,β-unsaturated/α-hetero) is 1. The van der Waals surface area contributed by atoms with Crippen molar-refractivity contribution in [2.75, 3.05) is 20.8 Å². The summed E-state index contributed by atoms with van der Waals surface area (Å²) in [5.41, 5.74) is 2.69. The predicted molar refractivity (Wildman–Crippen MR) is 80.9 cm³/mol. The Morgan fingerprint density at radius 3 is 2.24 bits per heavy atom. The summed E-state index contributed by atoms with van der Waals surface area (Å²) in [6, 6.07) is 4.77. The highest BCUT2D eigenvalue weighted by Gasteiger charge is 2.28. The first-order valence-electron chi connectivity index (χ1n) is 7.70. The molecule has 1 fully saturated rings. The van der Waals surface area contributed by atoms with Crippen molar-refractivity contribution in [1.29, 1.82) is 0 Å². The number of ether oxygens (including phenoxy) is 2. The van der Waals surface area contributed by atoms with Gasteiger partial charge >= 0.3 is 0 Å². The summed E-state index contributed by atoms with van der Waals surface area (Å²) in [6.45, 7) is 2.02. The highest BCUT2D eigenvalue weighted by atomic mass is 16.5. The Bertz CT molecular complexity index is 531. The van der Waals surface area contributed by atoms with Crippen molar-refractivity contribution >= 4 is 5.78 Å². The third kappa shape index (κ3) is 2.91. The zero-order valence-electron chi connectivity index (χ0n) is 12.9. The van der Waals surface area contributed by atoms with Crippen LogP contribution in [0.2, 0.25) is 0 Å². The fraction of sp³-hybridized carbons (Fsp3) is 0.588. The van der Waals surface area contributed by atoms with Gasteiger partial charge in [-0.2, -0.15) is 0 Å². The van der Waals surface area contributed by atoms with Crippen LogP contribution in [0.5, 0.6) is 11.5 Å². The first-order valence-corrected chi connectivity index (χ1v) is 7.70. The standard InChI is InChI=1S/C17H23NO3/c1-20-16-9-12-7-8-18(11-13(12)10-17(16)21-2)14-3-5-15(19)6-4-14/h9-10,14H,3-8,11H2,1-2H3. The molecular weight excluding hydrogens is 266 g/mol. The number of benzene rings is 1. The minimum absolute atomic E-state index is 0.426. The summed E-state index contributed by atoms with van der Waals surface area (Å²) in [5, 5.41) is 0. The molecule has 3 rings (SSSR count). The minimum Gasteiger partial charge on any atom is -0.493 e. The zero-order chi connectivity index (χ0) is 14.8. The molecule has 1 aliphatic heterocycles. The topological polar surface area (TPSA) is 38.8 Å². The number of nitrogens with zero attached hydrogens (tertiary/aromatic N) is 1. The Morgan fingerprint density at radius 1 is 1.00 bits per heavy atom. The van der Waals surface area contributed by atoms with E-state index in [0.717, 1.165) is 56.7 Å². The SMILES string of the molecule is COc1cc2c(cc1OC)CN(C1CCC(=O)CC1)CC2. The molecule has 0 unspecified atom stereocenters. The quantitative estimate of drug-likeness (QED) is 0.857. The van der Waals surface area contributed by atoms with Gasteiger partial charge in [-0.05, 0) is 42.5 Å². The molecule has 0 spiro atoms. The second-order valence-electron chi connectivity index (χ2n) is 5.97. The van der Waals surface area contributed by atoms with E-state index in [0.29, 0.717) is 11.8 Å². The molecule has 1 heterocycles. The van der Waals surface area contributed by atoms with Gasteiger partial charge < -0.3 is 9.47 Å². The predicted octanol–water partition coefficient (Wildman–Crippen LogP) is 2.57. The molecule has 1 aromatic carbocycles. The van der Waals surface area contributed by atoms with Crippen molar-refractivity contribution < 1.29 is 14.3 Å². The van der Waals surface area contributed by atoms with E-state index in [1.54, 1.807) is 14.2 Å². The van der Waals surface area contributed by atoms with Crippen molar-refractivity contribution in [2.24, 2.45) is 0 Å². The van der Waals surface area contributed by atoms with E-state index in [-0.39, 0.29) is 0 Å². The number of fused-ring (bicyclic) bond motifs is 1. The highest BCUT2D eigenvalue weighted by molar-refractivity contribution is 5.79. The molecule has 0 radical (unpaired) electrons. The van der Waals surface area contributed by atoms with E-state index in [1.807, 2.05) is 0 Å². The molecule has 0 bridgehead atoms. The first kappa shape index (κ1) is 14.4. The lowest BCUT2D eigenvalue weighted by molar-refractivity contribution is -0.121. The molecule has 0 atom stereocenters. The van der Waals surface area contributed by atoms with Crippen molar-refractivity contribution in [3.8, 4) is 11.5 Å². The fourth-order valence-electron chi connectivity index (χ4n) is 3.51. The van der Waals surface area contributed by atoms with Gasteiger partial charge in [-0.25, -0.2) is 0 Å². The lowest BCUT2D eigenvalue weighted by Crippen LogP contribution is -2.41. The number of ketones is 1. The van der Waals surface area contributed by atoms with Crippen LogP contribution in [-0.4, -0.2) is 37.5 Å². The Kier molecular flexibility index (Phi) is 4.15. The normalized spacial score (nSPS) is 20.2. The Labute approximate surface area is 126 Å². The number of hydrogen-bond donors (Lipinski definition) is 0. The van der Waals surface area contributed by atoms with Gasteiger partial charge in [0.25, 0.3) is 0 Å². The molecule has 4 nitrogen and oxygen atoms in total. The molecule has 0 aromatic heterocycles. The lowest BCUT2D eigenvalue weighted by Gasteiger charge is -2.37. The molecule has 0 saturated heterocycles. The maximum atomic E-state index is 11.4. The van der Waals surface area contributed by atoms with Crippen LogP contribution < -0.4 is 9.47 Å². The summed E-state index contributed by atoms with van der Waals surface area (Å²) in [6.07, 6.45) is 4.57. The van der Waals surface area contributed by atoms with Gasteiger partial charge in [0, 0.05) is 32.0 Å². The van der Waals surface area contributed by atoms with E-state index in [4.69, 9.17) is 9.47 Å². The molecule has 21 heavy (non-hydrogen) atoms. The number of methoxy groups -OCH3 is 2. The van der Waals surface area contributed by atoms with Gasteiger partial charge in [0.2, 0.25) is 0 Å². The second-order valence-corrected chi connectivity index (χ2v) is 5.97. The third-order valence-corrected chi connectivity index (χ3v) is 4.78. The van der Waals surface area contributed by atoms with Gasteiger partial charge in [-0.15, -0.1) is 0 Å². The first-order chi connectivity index (χ1) is 10.2. The average molecular weight is 289 g/mol. The van der Waals surface area contributed by atoms with Gasteiger partial charge in [0.15, 0.2) is 11.5 Å². The van der Waals surface area contributed by atoms with Gasteiger partial charge in [-0.3, -0.25) is 9.69 Å². The molecule has 4 heteroatoms. The van der Waals surface area contributed by atoms with E-state index in [9.17, 15) is 4.79 Å². The van der Waals surface area contributed by atoms with E-state index >= 15 is 0 Å². The van der Waals surface area contributed by atoms with Crippen LogP contribution in [0.1, 0.15) is 36.8 Å². The summed E-state index contributed by atoms with van der Waals surface area (Å²) in [4.78, 5) is 13.9. The number of carbonyl (C=O) groups excluding carboxylic acids is 1. The number of hydrogen-bond acceptors (Lipinski definition) is 4. The maximum absolute atomic E-state index is 11.4. The molecule has 1 aromatic rings. The zero-order valence-corrected chi connectivity index (χ0v) is 12.9. The summed E-state index contributed by atoms with van der Waals surface area (Å²) in [5.74, 6) is 2.04. The Balaban J connectivity index is 1.77. The van der Waals surface area contributed by atoms with Crippen LogP contribution in [-0.2, 0) is 17.8 Å². The number of carbonyl (C=O) groups is 1. The molecule has 114 valence electrons. The third-order valence-electron chi connectivity index (χ3n) is 4.78. The average Bonchev–Trinajstić information content (AvgIpc) is 2.53. The Hall–Kier alpha value is -1.55. The van der Waals surface area contributed by atoms with Crippen LogP contribution >= 0.6 is 0 Å². The monoisotopic (exact) mass is 289 g/mol. The molecule has 1 saturated carbocycles. The van der Waals surface area contributed by atoms with Crippen LogP contribution in [0.4, 0.5) is 0 Å². The van der Waals surface area contributed by atoms with E-state index in [2.05, 4.69) is 17.0 Å². The van der Waals surface area contributed by atoms with Crippen LogP contribution in [0.3, 0.4) is 0 Å². The lowest BCUT2D eigenvalue weighted by atomic mass is 9.90. The van der Waals surface area contributed by atoms with Crippen molar-refractivity contribution in [3.05, 3.63) is 23.3 Å². The maximum Gasteiger partial charge on any atom is 0.161 e. The smallest absolute Gasteiger partial charge is 0.161 e. The molecule has 2 aliphatic rings. The number of rotatable bonds is 3. The summed E-state index contributed by atoms with van der Waals surface area (Å²) < 4.78 is 10.8.